The summed E-state index contributed by atoms with van der Waals surface area (Å²) in [6.45, 7) is 11.0. The fourth-order valence-corrected chi connectivity index (χ4v) is 5.01. The average molecular weight is 537 g/mol. The number of nitrogens with two attached hydrogens (primary N) is 1. The third kappa shape index (κ3) is 10.7. The summed E-state index contributed by atoms with van der Waals surface area (Å²) in [5, 5.41) is 14.2. The summed E-state index contributed by atoms with van der Waals surface area (Å²) in [6, 6.07) is 5.78. The Bertz CT molecular complexity index is 812. The molecule has 4 N–H and O–H groups in total. The van der Waals surface area contributed by atoms with E-state index in [4.69, 9.17) is 24.7 Å². The van der Waals surface area contributed by atoms with Gasteiger partial charge < -0.3 is 35.1 Å². The molecule has 1 saturated heterocycles. The van der Waals surface area contributed by atoms with E-state index in [1.54, 1.807) is 14.2 Å². The van der Waals surface area contributed by atoms with Crippen LogP contribution >= 0.6 is 0 Å². The van der Waals surface area contributed by atoms with E-state index >= 15 is 0 Å². The van der Waals surface area contributed by atoms with E-state index in [9.17, 15) is 9.90 Å². The van der Waals surface area contributed by atoms with Crippen molar-refractivity contribution in [3.8, 4) is 11.5 Å². The van der Waals surface area contributed by atoms with Gasteiger partial charge in [-0.2, -0.15) is 0 Å². The Morgan fingerprint density at radius 1 is 1.08 bits per heavy atom. The number of methoxy groups -OCH3 is 2. The highest BCUT2D eigenvalue weighted by atomic mass is 16.5. The number of hydrogen-bond donors (Lipinski definition) is 3. The molecule has 4 atom stereocenters. The molecule has 1 aliphatic heterocycles. The molecule has 0 aliphatic carbocycles. The number of carbonyl (C=O) groups excluding carboxylic acids is 1. The average Bonchev–Trinajstić information content (AvgIpc) is 2.89. The van der Waals surface area contributed by atoms with Gasteiger partial charge in [0, 0.05) is 51.4 Å². The summed E-state index contributed by atoms with van der Waals surface area (Å²) in [4.78, 5) is 13.0. The molecule has 0 radical (unpaired) electrons. The van der Waals surface area contributed by atoms with Crippen LogP contribution in [0.4, 0.5) is 0 Å². The molecule has 0 saturated carbocycles. The number of benzene rings is 1. The molecule has 1 aliphatic rings. The molecule has 1 unspecified atom stereocenters. The number of hydrogen-bond acceptors (Lipinski definition) is 7. The van der Waals surface area contributed by atoms with Crippen molar-refractivity contribution in [3.63, 3.8) is 0 Å². The van der Waals surface area contributed by atoms with Crippen LogP contribution in [-0.4, -0.2) is 69.8 Å². The van der Waals surface area contributed by atoms with Crippen LogP contribution in [0.25, 0.3) is 0 Å². The van der Waals surface area contributed by atoms with Gasteiger partial charge in [-0.1, -0.05) is 33.8 Å². The van der Waals surface area contributed by atoms with Crippen molar-refractivity contribution < 1.29 is 28.8 Å². The molecule has 1 heterocycles. The van der Waals surface area contributed by atoms with Crippen LogP contribution < -0.4 is 20.5 Å². The molecule has 0 bridgehead atoms. The minimum absolute atomic E-state index is 0.00909. The van der Waals surface area contributed by atoms with E-state index in [1.807, 2.05) is 26.0 Å². The molecular formula is C30H52N2O6. The van der Waals surface area contributed by atoms with Crippen molar-refractivity contribution in [1.29, 1.82) is 0 Å². The van der Waals surface area contributed by atoms with Gasteiger partial charge in [0.25, 0.3) is 0 Å². The minimum Gasteiger partial charge on any atom is -0.493 e. The van der Waals surface area contributed by atoms with Crippen LogP contribution in [0.1, 0.15) is 65.4 Å². The van der Waals surface area contributed by atoms with Gasteiger partial charge in [-0.05, 0) is 67.6 Å². The summed E-state index contributed by atoms with van der Waals surface area (Å²) in [6.07, 6.45) is 3.56. The Hall–Kier alpha value is -1.87. The number of carbonyl (C=O) groups is 1. The molecule has 0 spiro atoms. The predicted molar refractivity (Wildman–Crippen MR) is 151 cm³/mol. The summed E-state index contributed by atoms with van der Waals surface area (Å²) >= 11 is 0. The van der Waals surface area contributed by atoms with Crippen LogP contribution in [-0.2, 0) is 20.7 Å². The molecule has 8 heteroatoms. The first-order valence-electron chi connectivity index (χ1n) is 14.3. The van der Waals surface area contributed by atoms with Gasteiger partial charge in [0.2, 0.25) is 5.91 Å². The third-order valence-corrected chi connectivity index (χ3v) is 7.69. The van der Waals surface area contributed by atoms with Gasteiger partial charge in [-0.15, -0.1) is 0 Å². The predicted octanol–water partition coefficient (Wildman–Crippen LogP) is 3.96. The lowest BCUT2D eigenvalue weighted by molar-refractivity contribution is -0.129. The Morgan fingerprint density at radius 3 is 2.39 bits per heavy atom. The molecule has 8 nitrogen and oxygen atoms in total. The molecule has 0 aromatic heterocycles. The van der Waals surface area contributed by atoms with E-state index in [0.29, 0.717) is 50.9 Å². The Labute approximate surface area is 229 Å². The molecule has 2 rings (SSSR count). The fraction of sp³-hybridized carbons (Fsp3) is 0.767. The lowest BCUT2D eigenvalue weighted by Gasteiger charge is -2.31. The maximum Gasteiger partial charge on any atom is 0.223 e. The molecule has 1 fully saturated rings. The highest BCUT2D eigenvalue weighted by Gasteiger charge is 2.31. The Balaban J connectivity index is 2.00. The summed E-state index contributed by atoms with van der Waals surface area (Å²) in [5.41, 5.74) is 7.70. The standard InChI is InChI=1S/C30H52N2O6/c1-20(2)23(16-22-8-9-28(36-6)29(17-22)38-13-7-12-35-5)18-26(31)27(33)19-25(21(3)4)30(34)32-24-10-14-37-15-11-24/h8-9,17,20-21,23-27,33H,7,10-16,18-19,31H2,1-6H3,(H,32,34)/t23-,25-,26-,27?/m0/s1. The van der Waals surface area contributed by atoms with Crippen LogP contribution in [0, 0.1) is 23.7 Å². The van der Waals surface area contributed by atoms with Gasteiger partial charge >= 0.3 is 0 Å². The number of rotatable bonds is 17. The Kier molecular flexibility index (Phi) is 14.4. The number of nitrogens with one attached hydrogen (secondary N) is 1. The lowest BCUT2D eigenvalue weighted by atomic mass is 9.80. The van der Waals surface area contributed by atoms with Gasteiger partial charge in [0.05, 0.1) is 19.8 Å². The largest absolute Gasteiger partial charge is 0.493 e. The van der Waals surface area contributed by atoms with Crippen LogP contribution in [0.15, 0.2) is 18.2 Å². The van der Waals surface area contributed by atoms with E-state index in [2.05, 4.69) is 25.2 Å². The SMILES string of the molecule is COCCCOc1cc(C[C@@H](C[C@H](N)C(O)C[C@H](C(=O)NC2CCOCC2)C(C)C)C(C)C)ccc1OC. The lowest BCUT2D eigenvalue weighted by Crippen LogP contribution is -2.46. The topological polar surface area (TPSA) is 112 Å². The maximum absolute atomic E-state index is 13.0. The first-order chi connectivity index (χ1) is 18.2. The summed E-state index contributed by atoms with van der Waals surface area (Å²) < 4.78 is 22.0. The van der Waals surface area contributed by atoms with Crippen molar-refractivity contribution >= 4 is 5.91 Å². The van der Waals surface area contributed by atoms with Gasteiger partial charge in [-0.25, -0.2) is 0 Å². The Morgan fingerprint density at radius 2 is 1.79 bits per heavy atom. The zero-order chi connectivity index (χ0) is 28.1. The smallest absolute Gasteiger partial charge is 0.223 e. The second-order valence-corrected chi connectivity index (χ2v) is 11.3. The van der Waals surface area contributed by atoms with Gasteiger partial charge in [0.15, 0.2) is 11.5 Å². The van der Waals surface area contributed by atoms with Crippen LogP contribution in [0.2, 0.25) is 0 Å². The normalized spacial score (nSPS) is 17.7. The zero-order valence-corrected chi connectivity index (χ0v) is 24.4. The van der Waals surface area contributed by atoms with E-state index < -0.39 is 12.1 Å². The quantitative estimate of drug-likeness (QED) is 0.258. The van der Waals surface area contributed by atoms with Crippen LogP contribution in [0.5, 0.6) is 11.5 Å². The second kappa shape index (κ2) is 17.0. The molecule has 1 amide bonds. The zero-order valence-electron chi connectivity index (χ0n) is 24.4. The number of amides is 1. The molecule has 218 valence electrons. The van der Waals surface area contributed by atoms with E-state index in [1.165, 1.54) is 0 Å². The second-order valence-electron chi connectivity index (χ2n) is 11.3. The third-order valence-electron chi connectivity index (χ3n) is 7.69. The molecular weight excluding hydrogens is 484 g/mol. The maximum atomic E-state index is 13.0. The van der Waals surface area contributed by atoms with E-state index in [0.717, 1.165) is 37.0 Å². The summed E-state index contributed by atoms with van der Waals surface area (Å²) in [5.74, 6) is 1.91. The van der Waals surface area contributed by atoms with Crippen molar-refractivity contribution in [2.24, 2.45) is 29.4 Å². The van der Waals surface area contributed by atoms with Gasteiger partial charge in [0.1, 0.15) is 0 Å². The number of ether oxygens (including phenoxy) is 4. The van der Waals surface area contributed by atoms with Crippen molar-refractivity contribution in [1.82, 2.24) is 5.32 Å². The van der Waals surface area contributed by atoms with Crippen molar-refractivity contribution in [2.75, 3.05) is 40.6 Å². The van der Waals surface area contributed by atoms with Gasteiger partial charge in [-0.3, -0.25) is 4.79 Å². The first kappa shape index (κ1) is 32.3. The molecule has 1 aromatic carbocycles. The molecule has 38 heavy (non-hydrogen) atoms. The number of aliphatic hydroxyl groups is 1. The van der Waals surface area contributed by atoms with Crippen molar-refractivity contribution in [2.45, 2.75) is 84.4 Å². The fourth-order valence-electron chi connectivity index (χ4n) is 5.01. The van der Waals surface area contributed by atoms with Crippen molar-refractivity contribution in [3.05, 3.63) is 23.8 Å². The number of aliphatic hydroxyl groups excluding tert-OH is 1. The van der Waals surface area contributed by atoms with E-state index in [-0.39, 0.29) is 29.7 Å². The molecule has 1 aromatic rings. The minimum atomic E-state index is -0.750. The highest BCUT2D eigenvalue weighted by Crippen LogP contribution is 2.32. The first-order valence-corrected chi connectivity index (χ1v) is 14.3. The summed E-state index contributed by atoms with van der Waals surface area (Å²) in [7, 11) is 3.32. The van der Waals surface area contributed by atoms with Crippen LogP contribution in [0.3, 0.4) is 0 Å². The highest BCUT2D eigenvalue weighted by molar-refractivity contribution is 5.79. The monoisotopic (exact) mass is 536 g/mol.